The molecule has 0 radical (unpaired) electrons. The Hall–Kier alpha value is -0.640. The molecule has 0 saturated carbocycles. The summed E-state index contributed by atoms with van der Waals surface area (Å²) in [5.74, 6) is 0.190. The number of thiocarbonyl (C=S) groups is 1. The maximum absolute atomic E-state index is 12.3. The van der Waals surface area contributed by atoms with E-state index in [4.69, 9.17) is 18.0 Å². The first-order valence-corrected chi connectivity index (χ1v) is 7.27. The zero-order valence-electron chi connectivity index (χ0n) is 12.3. The number of carbonyl (C=O) groups excluding carboxylic acids is 1. The predicted molar refractivity (Wildman–Crippen MR) is 81.6 cm³/mol. The molecule has 0 bridgehead atoms. The molecule has 0 aliphatic carbocycles. The third kappa shape index (κ3) is 7.64. The van der Waals surface area contributed by atoms with Crippen LogP contribution in [0.3, 0.4) is 0 Å². The lowest BCUT2D eigenvalue weighted by Crippen LogP contribution is -2.41. The van der Waals surface area contributed by atoms with Crippen LogP contribution in [0.25, 0.3) is 0 Å². The minimum absolute atomic E-state index is 0.190. The Kier molecular flexibility index (Phi) is 8.16. The Morgan fingerprint density at radius 3 is 2.22 bits per heavy atom. The van der Waals surface area contributed by atoms with Crippen molar-refractivity contribution < 1.29 is 4.79 Å². The van der Waals surface area contributed by atoms with Crippen LogP contribution in [-0.2, 0) is 4.79 Å². The normalized spacial score (nSPS) is 11.3. The standard InChI is InChI=1S/C14H28N2OS/c1-5-6-7-8-10-16(11-9-12(15)18)13(17)14(2,3)4/h5-11H2,1-4H3,(H2,15,18). The van der Waals surface area contributed by atoms with Gasteiger partial charge in [-0.1, -0.05) is 59.2 Å². The minimum Gasteiger partial charge on any atom is -0.393 e. The fourth-order valence-corrected chi connectivity index (χ4v) is 1.86. The molecule has 4 heteroatoms. The van der Waals surface area contributed by atoms with Gasteiger partial charge in [0.05, 0.1) is 4.99 Å². The van der Waals surface area contributed by atoms with Crippen molar-refractivity contribution in [2.24, 2.45) is 11.1 Å². The zero-order chi connectivity index (χ0) is 14.2. The average Bonchev–Trinajstić information content (AvgIpc) is 2.25. The van der Waals surface area contributed by atoms with Gasteiger partial charge in [-0.3, -0.25) is 4.79 Å². The van der Waals surface area contributed by atoms with Gasteiger partial charge in [-0.25, -0.2) is 0 Å². The third-order valence-electron chi connectivity index (χ3n) is 2.84. The second-order valence-corrected chi connectivity index (χ2v) is 6.34. The summed E-state index contributed by atoms with van der Waals surface area (Å²) in [5, 5.41) is 0. The summed E-state index contributed by atoms with van der Waals surface area (Å²) in [6.07, 6.45) is 5.29. The SMILES string of the molecule is CCCCCCN(CCC(N)=S)C(=O)C(C)(C)C. The highest BCUT2D eigenvalue weighted by Crippen LogP contribution is 2.18. The van der Waals surface area contributed by atoms with E-state index in [2.05, 4.69) is 6.92 Å². The molecule has 0 aromatic carbocycles. The number of amides is 1. The number of rotatable bonds is 8. The highest BCUT2D eigenvalue weighted by Gasteiger charge is 2.26. The lowest BCUT2D eigenvalue weighted by molar-refractivity contribution is -0.139. The summed E-state index contributed by atoms with van der Waals surface area (Å²) in [6, 6.07) is 0. The Morgan fingerprint density at radius 2 is 1.78 bits per heavy atom. The summed E-state index contributed by atoms with van der Waals surface area (Å²) in [7, 11) is 0. The summed E-state index contributed by atoms with van der Waals surface area (Å²) < 4.78 is 0. The van der Waals surface area contributed by atoms with Crippen molar-refractivity contribution in [3.8, 4) is 0 Å². The average molecular weight is 272 g/mol. The maximum atomic E-state index is 12.3. The van der Waals surface area contributed by atoms with E-state index in [1.165, 1.54) is 19.3 Å². The summed E-state index contributed by atoms with van der Waals surface area (Å²) in [5.41, 5.74) is 5.19. The summed E-state index contributed by atoms with van der Waals surface area (Å²) >= 11 is 4.89. The van der Waals surface area contributed by atoms with Gasteiger partial charge >= 0.3 is 0 Å². The van der Waals surface area contributed by atoms with Crippen LogP contribution in [0.4, 0.5) is 0 Å². The van der Waals surface area contributed by atoms with E-state index in [1.807, 2.05) is 25.7 Å². The first kappa shape index (κ1) is 17.4. The van der Waals surface area contributed by atoms with Gasteiger partial charge in [-0.2, -0.15) is 0 Å². The Bertz CT molecular complexity index is 271. The molecule has 0 atom stereocenters. The lowest BCUT2D eigenvalue weighted by atomic mass is 9.94. The van der Waals surface area contributed by atoms with Crippen LogP contribution in [0.1, 0.15) is 59.8 Å². The molecule has 1 amide bonds. The number of nitrogens with two attached hydrogens (primary N) is 1. The first-order valence-electron chi connectivity index (χ1n) is 6.86. The second-order valence-electron chi connectivity index (χ2n) is 5.82. The van der Waals surface area contributed by atoms with Gasteiger partial charge in [-0.05, 0) is 6.42 Å². The molecule has 18 heavy (non-hydrogen) atoms. The number of carbonyl (C=O) groups is 1. The van der Waals surface area contributed by atoms with E-state index in [1.54, 1.807) is 0 Å². The van der Waals surface area contributed by atoms with Crippen LogP contribution >= 0.6 is 12.2 Å². The maximum Gasteiger partial charge on any atom is 0.227 e. The van der Waals surface area contributed by atoms with E-state index >= 15 is 0 Å². The number of hydrogen-bond acceptors (Lipinski definition) is 2. The van der Waals surface area contributed by atoms with Crippen LogP contribution in [0.15, 0.2) is 0 Å². The highest BCUT2D eigenvalue weighted by atomic mass is 32.1. The van der Waals surface area contributed by atoms with E-state index in [-0.39, 0.29) is 11.3 Å². The number of unbranched alkanes of at least 4 members (excludes halogenated alkanes) is 3. The lowest BCUT2D eigenvalue weighted by Gasteiger charge is -2.29. The second kappa shape index (κ2) is 8.46. The zero-order valence-corrected chi connectivity index (χ0v) is 13.1. The topological polar surface area (TPSA) is 46.3 Å². The van der Waals surface area contributed by atoms with Crippen LogP contribution in [0.5, 0.6) is 0 Å². The van der Waals surface area contributed by atoms with Crippen LogP contribution in [0.2, 0.25) is 0 Å². The fraction of sp³-hybridized carbons (Fsp3) is 0.857. The highest BCUT2D eigenvalue weighted by molar-refractivity contribution is 7.80. The largest absolute Gasteiger partial charge is 0.393 e. The first-order chi connectivity index (χ1) is 8.29. The van der Waals surface area contributed by atoms with Crippen LogP contribution in [-0.4, -0.2) is 28.9 Å². The molecule has 0 aromatic heterocycles. The van der Waals surface area contributed by atoms with Crippen molar-refractivity contribution in [3.05, 3.63) is 0 Å². The van der Waals surface area contributed by atoms with Crippen molar-refractivity contribution in [3.63, 3.8) is 0 Å². The van der Waals surface area contributed by atoms with Crippen molar-refractivity contribution in [1.29, 1.82) is 0 Å². The summed E-state index contributed by atoms with van der Waals surface area (Å²) in [6.45, 7) is 9.51. The molecule has 106 valence electrons. The third-order valence-corrected chi connectivity index (χ3v) is 3.04. The molecule has 0 aliphatic rings. The molecule has 0 rings (SSSR count). The Balaban J connectivity index is 4.33. The fourth-order valence-electron chi connectivity index (χ4n) is 1.76. The van der Waals surface area contributed by atoms with E-state index < -0.39 is 0 Å². The number of hydrogen-bond donors (Lipinski definition) is 1. The van der Waals surface area contributed by atoms with Gasteiger partial charge in [0.25, 0.3) is 0 Å². The minimum atomic E-state index is -0.332. The molecule has 0 aromatic rings. The van der Waals surface area contributed by atoms with Crippen LogP contribution in [0, 0.1) is 5.41 Å². The molecule has 3 nitrogen and oxygen atoms in total. The van der Waals surface area contributed by atoms with E-state index in [0.717, 1.165) is 13.0 Å². The quantitative estimate of drug-likeness (QED) is 0.545. The van der Waals surface area contributed by atoms with Gasteiger partial charge in [0.15, 0.2) is 0 Å². The predicted octanol–water partition coefficient (Wildman–Crippen LogP) is 3.12. The molecular weight excluding hydrogens is 244 g/mol. The van der Waals surface area contributed by atoms with E-state index in [9.17, 15) is 4.79 Å². The van der Waals surface area contributed by atoms with Gasteiger partial charge in [0.1, 0.15) is 0 Å². The Morgan fingerprint density at radius 1 is 1.17 bits per heavy atom. The van der Waals surface area contributed by atoms with Gasteiger partial charge < -0.3 is 10.6 Å². The summed E-state index contributed by atoms with van der Waals surface area (Å²) in [4.78, 5) is 14.7. The Labute approximate surface area is 117 Å². The van der Waals surface area contributed by atoms with Gasteiger partial charge in [0, 0.05) is 24.9 Å². The van der Waals surface area contributed by atoms with Gasteiger partial charge in [-0.15, -0.1) is 0 Å². The molecule has 0 spiro atoms. The van der Waals surface area contributed by atoms with Crippen molar-refractivity contribution in [2.45, 2.75) is 59.8 Å². The van der Waals surface area contributed by atoms with Crippen molar-refractivity contribution in [2.75, 3.05) is 13.1 Å². The molecule has 0 unspecified atom stereocenters. The molecule has 2 N–H and O–H groups in total. The molecular formula is C14H28N2OS. The molecule has 0 aliphatic heterocycles. The molecule has 0 fully saturated rings. The van der Waals surface area contributed by atoms with Crippen molar-refractivity contribution in [1.82, 2.24) is 4.90 Å². The van der Waals surface area contributed by atoms with Gasteiger partial charge in [0.2, 0.25) is 5.91 Å². The van der Waals surface area contributed by atoms with E-state index in [0.29, 0.717) is 18.0 Å². The molecule has 0 heterocycles. The van der Waals surface area contributed by atoms with Crippen molar-refractivity contribution >= 4 is 23.1 Å². The smallest absolute Gasteiger partial charge is 0.227 e. The van der Waals surface area contributed by atoms with Crippen LogP contribution < -0.4 is 5.73 Å². The molecule has 0 saturated heterocycles. The number of nitrogens with zero attached hydrogens (tertiary/aromatic N) is 1. The monoisotopic (exact) mass is 272 g/mol.